The van der Waals surface area contributed by atoms with Crippen LogP contribution in [0.25, 0.3) is 0 Å². The average molecular weight is 745 g/mol. The number of hydrogen-bond donors (Lipinski definition) is 2. The number of aliphatic hydroxyl groups excluding tert-OH is 1. The highest BCUT2D eigenvalue weighted by molar-refractivity contribution is 9.09. The highest BCUT2D eigenvalue weighted by Gasteiger charge is 2.77. The predicted octanol–water partition coefficient (Wildman–Crippen LogP) is 5.10. The first-order valence-corrected chi connectivity index (χ1v) is 18.3. The molecule has 270 valence electrons. The van der Waals surface area contributed by atoms with E-state index in [0.29, 0.717) is 24.8 Å². The number of ether oxygens (including phenoxy) is 2. The van der Waals surface area contributed by atoms with Gasteiger partial charge in [-0.05, 0) is 57.4 Å². The Labute approximate surface area is 299 Å². The molecule has 0 aromatic heterocycles. The number of alkyl halides is 1. The molecule has 11 heteroatoms. The Morgan fingerprint density at radius 3 is 2.45 bits per heavy atom. The molecule has 4 rings (SSSR count). The van der Waals surface area contributed by atoms with Gasteiger partial charge in [0.25, 0.3) is 0 Å². The van der Waals surface area contributed by atoms with Gasteiger partial charge in [0.05, 0.1) is 24.0 Å². The molecule has 1 unspecified atom stereocenters. The van der Waals surface area contributed by atoms with Crippen LogP contribution in [0.1, 0.15) is 85.3 Å². The number of halogens is 1. The molecule has 3 aliphatic rings. The molecule has 1 spiro atoms. The van der Waals surface area contributed by atoms with Crippen LogP contribution in [0.3, 0.4) is 0 Å². The maximum atomic E-state index is 14.9. The normalized spacial score (nSPS) is 27.3. The van der Waals surface area contributed by atoms with Gasteiger partial charge in [-0.25, -0.2) is 0 Å². The van der Waals surface area contributed by atoms with Gasteiger partial charge in [0.15, 0.2) is 0 Å². The summed E-state index contributed by atoms with van der Waals surface area (Å²) >= 11 is 3.74. The summed E-state index contributed by atoms with van der Waals surface area (Å²) in [6.45, 7) is 20.0. The standard InChI is InChI=1S/C38H54BrN3O7/c1-9-11-18-27(44)40-24(3)30(25-16-13-12-14-17-25)48-35(47)28-29-33(45)41(20-15-21-43)32(38(29)22-26(39)31(28)49-38)34(46)42(19-10-2)37(7,8)23-36(4,5)6/h9-10,12-14,16-17,24,26,28-32,43H,1-2,11,15,18-23H2,3-8H3,(H,40,44)/t24-,26?,28+,29-,30-,31+,32+,38-/m0/s1. The van der Waals surface area contributed by atoms with Crippen LogP contribution in [0, 0.1) is 17.3 Å². The Morgan fingerprint density at radius 2 is 1.86 bits per heavy atom. The van der Waals surface area contributed by atoms with Crippen molar-refractivity contribution < 1.29 is 33.8 Å². The Balaban J connectivity index is 1.72. The molecule has 10 nitrogen and oxygen atoms in total. The van der Waals surface area contributed by atoms with E-state index in [1.807, 2.05) is 44.2 Å². The van der Waals surface area contributed by atoms with E-state index in [1.165, 1.54) is 4.90 Å². The molecule has 1 aromatic carbocycles. The maximum Gasteiger partial charge on any atom is 0.313 e. The average Bonchev–Trinajstić information content (AvgIpc) is 3.62. The highest BCUT2D eigenvalue weighted by atomic mass is 79.9. The van der Waals surface area contributed by atoms with Crippen LogP contribution in [0.4, 0.5) is 0 Å². The summed E-state index contributed by atoms with van der Waals surface area (Å²) in [6.07, 6.45) is 3.88. The van der Waals surface area contributed by atoms with E-state index in [4.69, 9.17) is 9.47 Å². The summed E-state index contributed by atoms with van der Waals surface area (Å²) in [5.41, 5.74) is -1.28. The van der Waals surface area contributed by atoms with E-state index in [1.54, 1.807) is 24.0 Å². The largest absolute Gasteiger partial charge is 0.455 e. The number of allylic oxidation sites excluding steroid dienone is 1. The minimum absolute atomic E-state index is 0.0955. The van der Waals surface area contributed by atoms with E-state index in [0.717, 1.165) is 0 Å². The third-order valence-corrected chi connectivity index (χ3v) is 10.8. The lowest BCUT2D eigenvalue weighted by atomic mass is 9.70. The molecule has 0 radical (unpaired) electrons. The molecule has 3 saturated heterocycles. The van der Waals surface area contributed by atoms with Crippen molar-refractivity contribution in [2.45, 2.75) is 114 Å². The number of aliphatic hydroxyl groups is 1. The number of amides is 3. The molecule has 3 heterocycles. The van der Waals surface area contributed by atoms with Gasteiger partial charge in [0, 0.05) is 36.5 Å². The van der Waals surface area contributed by atoms with Crippen LogP contribution < -0.4 is 5.32 Å². The van der Waals surface area contributed by atoms with Gasteiger partial charge in [-0.3, -0.25) is 19.2 Å². The number of benzene rings is 1. The maximum absolute atomic E-state index is 14.9. The lowest BCUT2D eigenvalue weighted by molar-refractivity contribution is -0.162. The van der Waals surface area contributed by atoms with Crippen LogP contribution in [-0.2, 0) is 28.7 Å². The minimum atomic E-state index is -1.28. The first kappa shape index (κ1) is 38.8. The number of likely N-dealkylation sites (tertiary alicyclic amines) is 1. The first-order valence-electron chi connectivity index (χ1n) is 17.3. The van der Waals surface area contributed by atoms with Crippen LogP contribution in [0.2, 0.25) is 0 Å². The lowest BCUT2D eigenvalue weighted by Crippen LogP contribution is -2.61. The number of nitrogens with zero attached hydrogens (tertiary/aromatic N) is 2. The summed E-state index contributed by atoms with van der Waals surface area (Å²) in [5, 5.41) is 12.7. The number of carbonyl (C=O) groups is 4. The number of rotatable bonds is 16. The number of nitrogens with one attached hydrogen (secondary N) is 1. The number of esters is 1. The Hall–Kier alpha value is -3.02. The smallest absolute Gasteiger partial charge is 0.313 e. The molecule has 3 fully saturated rings. The fourth-order valence-corrected chi connectivity index (χ4v) is 9.35. The van der Waals surface area contributed by atoms with Gasteiger partial charge in [-0.2, -0.15) is 0 Å². The fourth-order valence-electron chi connectivity index (χ4n) is 8.41. The SMILES string of the molecule is C=CCCC(=O)N[C@@H](C)[C@H](OC(=O)[C@H]1[C@@H]2O[C@@]3(CC2Br)[C@@H]1C(=O)N(CCCO)[C@@H]3C(=O)N(CC=C)C(C)(C)CC(C)(C)C)c1ccccc1. The van der Waals surface area contributed by atoms with Crippen molar-refractivity contribution >= 4 is 39.6 Å². The van der Waals surface area contributed by atoms with Crippen molar-refractivity contribution in [3.8, 4) is 0 Å². The second-order valence-electron chi connectivity index (χ2n) is 15.5. The number of carbonyl (C=O) groups excluding carboxylic acids is 4. The summed E-state index contributed by atoms with van der Waals surface area (Å²) in [6, 6.07) is 7.59. The summed E-state index contributed by atoms with van der Waals surface area (Å²) < 4.78 is 13.0. The first-order chi connectivity index (χ1) is 23.0. The number of hydrogen-bond acceptors (Lipinski definition) is 7. The zero-order valence-corrected chi connectivity index (χ0v) is 31.4. The third kappa shape index (κ3) is 7.99. The van der Waals surface area contributed by atoms with Crippen molar-refractivity contribution in [2.24, 2.45) is 17.3 Å². The van der Waals surface area contributed by atoms with Gasteiger partial charge >= 0.3 is 5.97 Å². The van der Waals surface area contributed by atoms with Crippen molar-refractivity contribution in [1.29, 1.82) is 0 Å². The zero-order chi connectivity index (χ0) is 36.3. The quantitative estimate of drug-likeness (QED) is 0.137. The summed E-state index contributed by atoms with van der Waals surface area (Å²) in [7, 11) is 0. The van der Waals surface area contributed by atoms with E-state index >= 15 is 0 Å². The summed E-state index contributed by atoms with van der Waals surface area (Å²) in [4.78, 5) is 59.4. The van der Waals surface area contributed by atoms with Gasteiger partial charge in [0.2, 0.25) is 17.7 Å². The Kier molecular flexibility index (Phi) is 12.2. The molecule has 1 aromatic rings. The zero-order valence-electron chi connectivity index (χ0n) is 29.8. The van der Waals surface area contributed by atoms with Gasteiger partial charge < -0.3 is 29.7 Å². The monoisotopic (exact) mass is 743 g/mol. The third-order valence-electron chi connectivity index (χ3n) is 9.91. The van der Waals surface area contributed by atoms with Crippen LogP contribution in [0.15, 0.2) is 55.6 Å². The van der Waals surface area contributed by atoms with Gasteiger partial charge in [0.1, 0.15) is 17.7 Å². The topological polar surface area (TPSA) is 125 Å². The van der Waals surface area contributed by atoms with Crippen molar-refractivity contribution in [1.82, 2.24) is 15.1 Å². The minimum Gasteiger partial charge on any atom is -0.455 e. The molecule has 3 aliphatic heterocycles. The van der Waals surface area contributed by atoms with Crippen LogP contribution >= 0.6 is 15.9 Å². The van der Waals surface area contributed by atoms with Crippen molar-refractivity contribution in [3.63, 3.8) is 0 Å². The second-order valence-corrected chi connectivity index (χ2v) is 16.7. The van der Waals surface area contributed by atoms with Crippen molar-refractivity contribution in [2.75, 3.05) is 19.7 Å². The highest BCUT2D eigenvalue weighted by Crippen LogP contribution is 2.60. The van der Waals surface area contributed by atoms with Crippen molar-refractivity contribution in [3.05, 3.63) is 61.2 Å². The number of fused-ring (bicyclic) bond motifs is 1. The fraction of sp³-hybridized carbons (Fsp3) is 0.632. The summed E-state index contributed by atoms with van der Waals surface area (Å²) in [5.74, 6) is -3.40. The molecule has 2 N–H and O–H groups in total. The molecular weight excluding hydrogens is 690 g/mol. The molecule has 0 aliphatic carbocycles. The van der Waals surface area contributed by atoms with Gasteiger partial charge in [-0.1, -0.05) is 79.2 Å². The Morgan fingerprint density at radius 1 is 1.18 bits per heavy atom. The van der Waals surface area contributed by atoms with E-state index in [2.05, 4.69) is 55.2 Å². The molecule has 3 amide bonds. The molecule has 2 bridgehead atoms. The Bertz CT molecular complexity index is 1400. The molecule has 0 saturated carbocycles. The van der Waals surface area contributed by atoms with Gasteiger partial charge in [-0.15, -0.1) is 13.2 Å². The predicted molar refractivity (Wildman–Crippen MR) is 191 cm³/mol. The van der Waals surface area contributed by atoms with E-state index in [-0.39, 0.29) is 60.5 Å². The second kappa shape index (κ2) is 15.5. The molecular formula is C38H54BrN3O7. The van der Waals surface area contributed by atoms with E-state index < -0.39 is 53.2 Å². The molecule has 8 atom stereocenters. The molecule has 49 heavy (non-hydrogen) atoms. The lowest BCUT2D eigenvalue weighted by Gasteiger charge is -2.45. The van der Waals surface area contributed by atoms with Crippen LogP contribution in [-0.4, -0.2) is 92.4 Å². The van der Waals surface area contributed by atoms with E-state index in [9.17, 15) is 24.3 Å². The van der Waals surface area contributed by atoms with Crippen LogP contribution in [0.5, 0.6) is 0 Å².